The summed E-state index contributed by atoms with van der Waals surface area (Å²) < 4.78 is 13.2. The smallest absolute Gasteiger partial charge is 0.258 e. The number of methoxy groups -OCH3 is 2. The fourth-order valence-corrected chi connectivity index (χ4v) is 6.23. The molecule has 0 aliphatic carbocycles. The molecular formula is C24H27BrCl2N6O3S. The number of amides is 1. The molecule has 0 unspecified atom stereocenters. The van der Waals surface area contributed by atoms with Crippen LogP contribution in [0.5, 0.6) is 11.5 Å². The molecule has 0 radical (unpaired) electrons. The van der Waals surface area contributed by atoms with Crippen molar-refractivity contribution in [3.63, 3.8) is 0 Å². The largest absolute Gasteiger partial charge is 0.494 e. The van der Waals surface area contributed by atoms with Gasteiger partial charge in [-0.2, -0.15) is 0 Å². The molecule has 0 fully saturated rings. The summed E-state index contributed by atoms with van der Waals surface area (Å²) in [7, 11) is 4.59. The van der Waals surface area contributed by atoms with Crippen LogP contribution in [0.3, 0.4) is 0 Å². The molecule has 0 saturated carbocycles. The maximum atomic E-state index is 13.3. The first kappa shape index (κ1) is 29.0. The Morgan fingerprint density at radius 3 is 2.49 bits per heavy atom. The number of rotatable bonds is 12. The van der Waals surface area contributed by atoms with Crippen molar-refractivity contribution < 1.29 is 14.3 Å². The quantitative estimate of drug-likeness (QED) is 0.136. The van der Waals surface area contributed by atoms with Crippen LogP contribution in [0.4, 0.5) is 11.4 Å². The van der Waals surface area contributed by atoms with Crippen molar-refractivity contribution in [2.24, 2.45) is 9.98 Å². The molecule has 0 bridgehead atoms. The lowest BCUT2D eigenvalue weighted by molar-refractivity contribution is 0.102. The molecule has 0 aliphatic heterocycles. The van der Waals surface area contributed by atoms with E-state index in [0.717, 1.165) is 32.4 Å². The summed E-state index contributed by atoms with van der Waals surface area (Å²) in [6.45, 7) is 5.34. The number of anilines is 1. The van der Waals surface area contributed by atoms with Crippen molar-refractivity contribution in [2.75, 3.05) is 33.1 Å². The van der Waals surface area contributed by atoms with Crippen LogP contribution in [0.2, 0.25) is 10.0 Å². The van der Waals surface area contributed by atoms with Gasteiger partial charge in [0.1, 0.15) is 20.4 Å². The lowest BCUT2D eigenvalue weighted by Gasteiger charge is -2.17. The monoisotopic (exact) mass is 628 g/mol. The van der Waals surface area contributed by atoms with Crippen molar-refractivity contribution in [3.8, 4) is 11.5 Å². The van der Waals surface area contributed by atoms with Crippen LogP contribution in [-0.4, -0.2) is 55.8 Å². The van der Waals surface area contributed by atoms with Crippen molar-refractivity contribution in [2.45, 2.75) is 25.8 Å². The highest BCUT2D eigenvalue weighted by molar-refractivity contribution is 9.10. The van der Waals surface area contributed by atoms with Gasteiger partial charge in [0.2, 0.25) is 0 Å². The van der Waals surface area contributed by atoms with Gasteiger partial charge in [-0.25, -0.2) is 4.98 Å². The summed E-state index contributed by atoms with van der Waals surface area (Å²) in [4.78, 5) is 26.5. The van der Waals surface area contributed by atoms with E-state index in [1.165, 1.54) is 25.6 Å². The Kier molecular flexibility index (Phi) is 10.8. The van der Waals surface area contributed by atoms with Crippen LogP contribution in [0, 0.1) is 0 Å². The highest BCUT2D eigenvalue weighted by atomic mass is 79.9. The Morgan fingerprint density at radius 1 is 1.22 bits per heavy atom. The maximum absolute atomic E-state index is 13.3. The molecule has 2 aromatic heterocycles. The predicted octanol–water partition coefficient (Wildman–Crippen LogP) is 6.45. The molecule has 0 saturated heterocycles. The van der Waals surface area contributed by atoms with Gasteiger partial charge in [0.25, 0.3) is 5.91 Å². The van der Waals surface area contributed by atoms with Gasteiger partial charge in [0.15, 0.2) is 11.5 Å². The molecule has 13 heteroatoms. The van der Waals surface area contributed by atoms with E-state index < -0.39 is 5.91 Å². The van der Waals surface area contributed by atoms with Crippen molar-refractivity contribution >= 4 is 80.3 Å². The third-order valence-corrected chi connectivity index (χ3v) is 7.85. The number of thiophene rings is 1. The number of hydrogen-bond donors (Lipinski definition) is 2. The van der Waals surface area contributed by atoms with E-state index in [9.17, 15) is 4.79 Å². The first-order chi connectivity index (χ1) is 17.9. The van der Waals surface area contributed by atoms with Gasteiger partial charge in [0.05, 0.1) is 42.4 Å². The fourth-order valence-electron chi connectivity index (χ4n) is 3.59. The summed E-state index contributed by atoms with van der Waals surface area (Å²) in [5.74, 6) is 0.737. The van der Waals surface area contributed by atoms with Crippen LogP contribution in [-0.2, 0) is 6.54 Å². The fraction of sp³-hybridized carbons (Fsp3) is 0.333. The topological polar surface area (TPSA) is 102 Å². The number of unbranched alkanes of at least 4 members (excludes halogenated alkanes) is 2. The maximum Gasteiger partial charge on any atom is 0.258 e. The first-order valence-electron chi connectivity index (χ1n) is 11.2. The number of carbonyl (C=O) groups excluding carboxylic acids is 1. The Morgan fingerprint density at radius 2 is 1.92 bits per heavy atom. The second-order valence-electron chi connectivity index (χ2n) is 7.68. The van der Waals surface area contributed by atoms with Crippen molar-refractivity contribution in [1.29, 1.82) is 0 Å². The molecule has 1 amide bonds. The molecule has 1 aromatic carbocycles. The van der Waals surface area contributed by atoms with E-state index in [1.807, 2.05) is 12.5 Å². The molecule has 9 nitrogen and oxygen atoms in total. The molecule has 3 rings (SSSR count). The summed E-state index contributed by atoms with van der Waals surface area (Å²) in [5, 5.41) is 8.07. The van der Waals surface area contributed by atoms with Gasteiger partial charge >= 0.3 is 0 Å². The zero-order valence-electron chi connectivity index (χ0n) is 20.6. The summed E-state index contributed by atoms with van der Waals surface area (Å²) in [6.07, 6.45) is 8.63. The van der Waals surface area contributed by atoms with E-state index in [2.05, 4.69) is 52.8 Å². The van der Waals surface area contributed by atoms with E-state index in [4.69, 9.17) is 32.7 Å². The minimum atomic E-state index is -0.463. The number of carbonyl (C=O) groups is 1. The normalized spacial score (nSPS) is 11.4. The van der Waals surface area contributed by atoms with Gasteiger partial charge in [-0.3, -0.25) is 14.8 Å². The predicted molar refractivity (Wildman–Crippen MR) is 155 cm³/mol. The van der Waals surface area contributed by atoms with Gasteiger partial charge in [-0.05, 0) is 41.9 Å². The first-order valence-corrected chi connectivity index (χ1v) is 13.6. The van der Waals surface area contributed by atoms with E-state index >= 15 is 0 Å². The molecule has 2 heterocycles. The summed E-state index contributed by atoms with van der Waals surface area (Å²) in [5.41, 5.74) is 0.886. The van der Waals surface area contributed by atoms with Crippen LogP contribution in [0.25, 0.3) is 0 Å². The minimum absolute atomic E-state index is 0.127. The Bertz CT molecular complexity index is 1250. The van der Waals surface area contributed by atoms with Gasteiger partial charge in [-0.15, -0.1) is 11.3 Å². The number of halogens is 3. The number of hydrogen-bond acceptors (Lipinski definition) is 7. The molecule has 198 valence electrons. The van der Waals surface area contributed by atoms with E-state index in [1.54, 1.807) is 18.6 Å². The van der Waals surface area contributed by atoms with Crippen molar-refractivity contribution in [3.05, 3.63) is 49.1 Å². The average molecular weight is 630 g/mol. The van der Waals surface area contributed by atoms with E-state index in [0.29, 0.717) is 26.4 Å². The van der Waals surface area contributed by atoms with E-state index in [-0.39, 0.29) is 27.2 Å². The number of aromatic nitrogens is 2. The van der Waals surface area contributed by atoms with Gasteiger partial charge < -0.3 is 24.7 Å². The highest BCUT2D eigenvalue weighted by Crippen LogP contribution is 2.50. The number of imidazole rings is 1. The number of aryl methyl sites for hydroxylation is 1. The zero-order valence-corrected chi connectivity index (χ0v) is 24.5. The zero-order chi connectivity index (χ0) is 26.9. The number of nitrogens with one attached hydrogen (secondary N) is 2. The number of aliphatic imine (C=N–C) groups is 2. The lowest BCUT2D eigenvalue weighted by Crippen LogP contribution is -2.25. The number of amidine groups is 1. The molecule has 0 atom stereocenters. The molecule has 2 N–H and O–H groups in total. The van der Waals surface area contributed by atoms with Gasteiger partial charge in [0, 0.05) is 37.9 Å². The number of nitrogens with zero attached hydrogens (tertiary/aromatic N) is 4. The highest BCUT2D eigenvalue weighted by Gasteiger charge is 2.26. The second kappa shape index (κ2) is 13.8. The SMILES string of the molecule is C=Nc1c(C(=O)Nc2c(Cl)c(OC)c(Br)c(OC)c2Cl)csc1C(=NC)NCCCCCn1ccnc1. The van der Waals surface area contributed by atoms with Gasteiger partial charge in [-0.1, -0.05) is 23.2 Å². The summed E-state index contributed by atoms with van der Waals surface area (Å²) in [6, 6.07) is 0. The third-order valence-electron chi connectivity index (χ3n) is 5.43. The number of ether oxygens (including phenoxy) is 2. The molecule has 0 aliphatic rings. The Labute approximate surface area is 238 Å². The minimum Gasteiger partial charge on any atom is -0.494 e. The summed E-state index contributed by atoms with van der Waals surface area (Å²) >= 11 is 17.7. The molecular weight excluding hydrogens is 603 g/mol. The second-order valence-corrected chi connectivity index (χ2v) is 10.1. The van der Waals surface area contributed by atoms with Crippen molar-refractivity contribution in [1.82, 2.24) is 14.9 Å². The molecule has 3 aromatic rings. The van der Waals surface area contributed by atoms with Crippen LogP contribution in [0.15, 0.2) is 38.6 Å². The third kappa shape index (κ3) is 6.64. The Hall–Kier alpha value is -2.60. The van der Waals surface area contributed by atoms with Crippen LogP contribution >= 0.6 is 50.5 Å². The lowest BCUT2D eigenvalue weighted by atomic mass is 10.2. The van der Waals surface area contributed by atoms with Crippen LogP contribution in [0.1, 0.15) is 34.5 Å². The van der Waals surface area contributed by atoms with Crippen LogP contribution < -0.4 is 20.1 Å². The number of benzene rings is 1. The molecule has 37 heavy (non-hydrogen) atoms. The molecule has 0 spiro atoms. The average Bonchev–Trinajstić information content (AvgIpc) is 3.56. The Balaban J connectivity index is 1.72. The standard InChI is InChI=1S/C24H27BrCl2N6O3S/c1-28-18-14(24(34)32-19-16(26)20(35-3)15(25)21(36-4)17(19)27)12-37-22(18)23(29-2)31-8-6-5-7-10-33-11-9-30-13-33/h9,11-13H,1,5-8,10H2,2-4H3,(H,29,31)(H,32,34).